The molecule has 0 aliphatic carbocycles. The molecule has 8 nitrogen and oxygen atoms in total. The van der Waals surface area contributed by atoms with Crippen molar-refractivity contribution >= 4 is 29.0 Å². The fraction of sp³-hybridized carbons (Fsp3) is 0.235. The van der Waals surface area contributed by atoms with Gasteiger partial charge in [-0.05, 0) is 52.9 Å². The summed E-state index contributed by atoms with van der Waals surface area (Å²) in [4.78, 5) is 16.5. The Morgan fingerprint density at radius 3 is 2.50 bits per heavy atom. The zero-order valence-corrected chi connectivity index (χ0v) is 25.8. The van der Waals surface area contributed by atoms with Gasteiger partial charge in [0.05, 0.1) is 24.4 Å². The highest BCUT2D eigenvalue weighted by Gasteiger charge is 2.32. The first-order valence-electron chi connectivity index (χ1n) is 14.3. The fourth-order valence-electron chi connectivity index (χ4n) is 5.00. The van der Waals surface area contributed by atoms with Gasteiger partial charge < -0.3 is 19.9 Å². The van der Waals surface area contributed by atoms with Crippen LogP contribution in [0.15, 0.2) is 102 Å². The first kappa shape index (κ1) is 30.1. The highest BCUT2D eigenvalue weighted by Crippen LogP contribution is 2.40. The van der Waals surface area contributed by atoms with Crippen LogP contribution in [0.2, 0.25) is 0 Å². The van der Waals surface area contributed by atoms with Crippen LogP contribution >= 0.6 is 23.1 Å². The molecule has 0 radical (unpaired) electrons. The van der Waals surface area contributed by atoms with Gasteiger partial charge in [0.2, 0.25) is 0 Å². The normalized spacial score (nSPS) is 18.2. The number of benzene rings is 3. The Balaban J connectivity index is 1.15. The molecule has 10 heteroatoms. The van der Waals surface area contributed by atoms with E-state index in [-0.39, 0.29) is 24.7 Å². The largest absolute Gasteiger partial charge is 0.392 e. The van der Waals surface area contributed by atoms with Crippen LogP contribution in [-0.2, 0) is 22.6 Å². The molecule has 5 aromatic rings. The van der Waals surface area contributed by atoms with E-state index in [1.807, 2.05) is 55.5 Å². The average molecular weight is 625 g/mol. The molecule has 224 valence electrons. The minimum absolute atomic E-state index is 0.00731. The lowest BCUT2D eigenvalue weighted by Gasteiger charge is -2.36. The van der Waals surface area contributed by atoms with Crippen molar-refractivity contribution in [2.75, 3.05) is 5.75 Å². The Hall–Kier alpha value is -3.93. The van der Waals surface area contributed by atoms with Crippen molar-refractivity contribution in [1.29, 1.82) is 0 Å². The monoisotopic (exact) mass is 624 g/mol. The van der Waals surface area contributed by atoms with Crippen LogP contribution in [0, 0.1) is 6.92 Å². The lowest BCUT2D eigenvalue weighted by molar-refractivity contribution is -0.245. The molecule has 0 unspecified atom stereocenters. The first-order chi connectivity index (χ1) is 21.5. The lowest BCUT2D eigenvalue weighted by Crippen LogP contribution is -2.31. The molecule has 1 aliphatic rings. The van der Waals surface area contributed by atoms with Crippen LogP contribution < -0.4 is 5.32 Å². The predicted octanol–water partition coefficient (Wildman–Crippen LogP) is 6.67. The number of hydrogen-bond donors (Lipinski definition) is 2. The Morgan fingerprint density at radius 1 is 0.955 bits per heavy atom. The molecule has 1 amide bonds. The molecule has 3 atom stereocenters. The molecule has 44 heavy (non-hydrogen) atoms. The number of aryl methyl sites for hydroxylation is 1. The maximum Gasteiger partial charge on any atom is 0.253 e. The SMILES string of the molecule is Cc1nnc(SC[C@@H]2C[C@H](c3ccc(CO)cc3)O[C@H](c3ccc(-c4cccc(CNC(=O)c5cccnc5)c4)cc3)O2)s1. The Morgan fingerprint density at radius 2 is 1.77 bits per heavy atom. The maximum absolute atomic E-state index is 12.4. The summed E-state index contributed by atoms with van der Waals surface area (Å²) in [6, 6.07) is 27.8. The number of thioether (sulfide) groups is 1. The van der Waals surface area contributed by atoms with Crippen LogP contribution in [-0.4, -0.2) is 38.1 Å². The molecule has 0 spiro atoms. The molecule has 2 aromatic heterocycles. The van der Waals surface area contributed by atoms with Crippen LogP contribution in [0.1, 0.15) is 56.4 Å². The number of carbonyl (C=O) groups excluding carboxylic acids is 1. The Kier molecular flexibility index (Phi) is 9.74. The van der Waals surface area contributed by atoms with Crippen molar-refractivity contribution in [1.82, 2.24) is 20.5 Å². The smallest absolute Gasteiger partial charge is 0.253 e. The van der Waals surface area contributed by atoms with Crippen molar-refractivity contribution in [3.63, 3.8) is 0 Å². The third-order valence-electron chi connectivity index (χ3n) is 7.34. The zero-order valence-electron chi connectivity index (χ0n) is 24.1. The number of aromatic nitrogens is 3. The highest BCUT2D eigenvalue weighted by molar-refractivity contribution is 8.01. The zero-order chi connectivity index (χ0) is 30.3. The summed E-state index contributed by atoms with van der Waals surface area (Å²) < 4.78 is 13.9. The Bertz CT molecular complexity index is 1680. The number of pyridine rings is 1. The van der Waals surface area contributed by atoms with Gasteiger partial charge in [-0.1, -0.05) is 89.8 Å². The number of rotatable bonds is 10. The predicted molar refractivity (Wildman–Crippen MR) is 171 cm³/mol. The number of ether oxygens (including phenoxy) is 2. The number of carbonyl (C=O) groups is 1. The van der Waals surface area contributed by atoms with E-state index in [9.17, 15) is 9.90 Å². The molecule has 3 aromatic carbocycles. The topological polar surface area (TPSA) is 106 Å². The van der Waals surface area contributed by atoms with E-state index < -0.39 is 6.29 Å². The van der Waals surface area contributed by atoms with E-state index in [0.29, 0.717) is 18.5 Å². The van der Waals surface area contributed by atoms with E-state index in [1.54, 1.807) is 47.6 Å². The second-order valence-electron chi connectivity index (χ2n) is 10.5. The van der Waals surface area contributed by atoms with Gasteiger partial charge in [0.15, 0.2) is 10.6 Å². The number of amides is 1. The van der Waals surface area contributed by atoms with Gasteiger partial charge in [-0.15, -0.1) is 10.2 Å². The molecule has 2 N–H and O–H groups in total. The van der Waals surface area contributed by atoms with E-state index in [4.69, 9.17) is 9.47 Å². The van der Waals surface area contributed by atoms with Crippen molar-refractivity contribution in [3.05, 3.63) is 130 Å². The summed E-state index contributed by atoms with van der Waals surface area (Å²) in [5, 5.41) is 21.8. The minimum atomic E-state index is -0.531. The third-order valence-corrected chi connectivity index (χ3v) is 9.44. The van der Waals surface area contributed by atoms with Crippen LogP contribution in [0.25, 0.3) is 11.1 Å². The van der Waals surface area contributed by atoms with Gasteiger partial charge >= 0.3 is 0 Å². The summed E-state index contributed by atoms with van der Waals surface area (Å²) in [5.74, 6) is 0.583. The third kappa shape index (κ3) is 7.58. The van der Waals surface area contributed by atoms with E-state index in [2.05, 4.69) is 44.8 Å². The highest BCUT2D eigenvalue weighted by atomic mass is 32.2. The molecule has 1 saturated heterocycles. The number of hydrogen-bond acceptors (Lipinski definition) is 9. The van der Waals surface area contributed by atoms with Crippen LogP contribution in [0.5, 0.6) is 0 Å². The number of nitrogens with one attached hydrogen (secondary N) is 1. The quantitative estimate of drug-likeness (QED) is 0.166. The first-order valence-corrected chi connectivity index (χ1v) is 16.2. The molecule has 3 heterocycles. The van der Waals surface area contributed by atoms with Crippen LogP contribution in [0.4, 0.5) is 0 Å². The molecule has 6 rings (SSSR count). The van der Waals surface area contributed by atoms with E-state index in [0.717, 1.165) is 48.5 Å². The lowest BCUT2D eigenvalue weighted by atomic mass is 9.99. The fourth-order valence-corrected chi connectivity index (χ4v) is 6.86. The van der Waals surface area contributed by atoms with Gasteiger partial charge in [-0.2, -0.15) is 0 Å². The molecule has 1 fully saturated rings. The number of aliphatic hydroxyl groups is 1. The second kappa shape index (κ2) is 14.2. The van der Waals surface area contributed by atoms with Gasteiger partial charge in [0.25, 0.3) is 5.91 Å². The van der Waals surface area contributed by atoms with Gasteiger partial charge in [0.1, 0.15) is 5.01 Å². The second-order valence-corrected chi connectivity index (χ2v) is 12.9. The standard InChI is InChI=1S/C34H32N4O4S2/c1-22-37-38-34(44-22)43-21-30-17-31(26-9-7-23(20-39)8-10-26)42-33(41-30)27-13-11-25(12-14-27)28-5-2-4-24(16-28)18-36-32(40)29-6-3-15-35-19-29/h2-16,19,30-31,33,39H,17-18,20-21H2,1H3,(H,36,40)/t30-,31+,33+/m0/s1. The Labute approximate surface area is 264 Å². The number of nitrogens with zero attached hydrogens (tertiary/aromatic N) is 3. The summed E-state index contributed by atoms with van der Waals surface area (Å²) >= 11 is 3.24. The molecular formula is C34H32N4O4S2. The van der Waals surface area contributed by atoms with Crippen molar-refractivity contribution in [2.45, 2.75) is 49.3 Å². The van der Waals surface area contributed by atoms with Crippen molar-refractivity contribution in [3.8, 4) is 11.1 Å². The van der Waals surface area contributed by atoms with Gasteiger partial charge in [-0.25, -0.2) is 0 Å². The van der Waals surface area contributed by atoms with E-state index in [1.165, 1.54) is 0 Å². The van der Waals surface area contributed by atoms with Crippen LogP contribution in [0.3, 0.4) is 0 Å². The van der Waals surface area contributed by atoms with E-state index >= 15 is 0 Å². The molecule has 0 bridgehead atoms. The minimum Gasteiger partial charge on any atom is -0.392 e. The number of aliphatic hydroxyl groups excluding tert-OH is 1. The average Bonchev–Trinajstić information content (AvgIpc) is 3.51. The summed E-state index contributed by atoms with van der Waals surface area (Å²) in [7, 11) is 0. The maximum atomic E-state index is 12.4. The summed E-state index contributed by atoms with van der Waals surface area (Å²) in [6.07, 6.45) is 3.18. The van der Waals surface area contributed by atoms with Gasteiger partial charge in [-0.3, -0.25) is 9.78 Å². The summed E-state index contributed by atoms with van der Waals surface area (Å²) in [6.45, 7) is 2.38. The van der Waals surface area contributed by atoms with Gasteiger partial charge in [0, 0.05) is 36.7 Å². The van der Waals surface area contributed by atoms with Crippen molar-refractivity contribution in [2.24, 2.45) is 0 Å². The molecule has 1 aliphatic heterocycles. The summed E-state index contributed by atoms with van der Waals surface area (Å²) in [5.41, 5.74) is 6.51. The molecular weight excluding hydrogens is 593 g/mol. The van der Waals surface area contributed by atoms with Crippen molar-refractivity contribution < 1.29 is 19.4 Å². The molecule has 0 saturated carbocycles.